The van der Waals surface area contributed by atoms with Crippen LogP contribution in [0.4, 0.5) is 5.95 Å². The molecule has 0 aliphatic rings. The molecule has 106 valence electrons. The number of nitrogens with one attached hydrogen (secondary N) is 1. The molecule has 0 saturated heterocycles. The minimum absolute atomic E-state index is 0.232. The Morgan fingerprint density at radius 2 is 2.20 bits per heavy atom. The van der Waals surface area contributed by atoms with Gasteiger partial charge in [0.1, 0.15) is 6.61 Å². The predicted molar refractivity (Wildman–Crippen MR) is 76.9 cm³/mol. The van der Waals surface area contributed by atoms with Gasteiger partial charge < -0.3 is 10.5 Å². The number of aromatic amines is 1. The van der Waals surface area contributed by atoms with Crippen LogP contribution in [0.2, 0.25) is 0 Å². The third-order valence-corrected chi connectivity index (χ3v) is 3.68. The van der Waals surface area contributed by atoms with Gasteiger partial charge in [-0.25, -0.2) is 5.10 Å². The van der Waals surface area contributed by atoms with Crippen molar-refractivity contribution in [3.05, 3.63) is 35.9 Å². The number of nitrogens with two attached hydrogens (primary N) is 1. The molecule has 0 radical (unpaired) electrons. The Morgan fingerprint density at radius 1 is 1.45 bits per heavy atom. The van der Waals surface area contributed by atoms with Crippen LogP contribution in [-0.4, -0.2) is 26.9 Å². The number of H-pyrrole nitrogens is 1. The minimum Gasteiger partial charge on any atom is -0.461 e. The van der Waals surface area contributed by atoms with E-state index in [1.54, 1.807) is 0 Å². The number of nitrogen functional groups attached to an aromatic ring is 1. The SMILES string of the molecule is CC(CSc1n[nH]c(N)n1)C(=O)OCc1ccccc1. The Balaban J connectivity index is 1.74. The van der Waals surface area contributed by atoms with Gasteiger partial charge in [-0.3, -0.25) is 4.79 Å². The zero-order chi connectivity index (χ0) is 14.4. The molecule has 0 bridgehead atoms. The third kappa shape index (κ3) is 4.27. The number of benzene rings is 1. The van der Waals surface area contributed by atoms with Gasteiger partial charge in [-0.2, -0.15) is 4.98 Å². The van der Waals surface area contributed by atoms with Gasteiger partial charge in [-0.15, -0.1) is 5.10 Å². The number of hydrogen-bond donors (Lipinski definition) is 2. The van der Waals surface area contributed by atoms with Gasteiger partial charge >= 0.3 is 5.97 Å². The van der Waals surface area contributed by atoms with Crippen LogP contribution in [0, 0.1) is 5.92 Å². The van der Waals surface area contributed by atoms with E-state index in [0.717, 1.165) is 5.56 Å². The summed E-state index contributed by atoms with van der Waals surface area (Å²) >= 11 is 1.37. The van der Waals surface area contributed by atoms with E-state index in [-0.39, 0.29) is 17.8 Å². The van der Waals surface area contributed by atoms with Gasteiger partial charge in [0.2, 0.25) is 11.1 Å². The second-order valence-corrected chi connectivity index (χ2v) is 5.30. The molecule has 1 unspecified atom stereocenters. The number of ether oxygens (including phenoxy) is 1. The molecule has 0 amide bonds. The predicted octanol–water partition coefficient (Wildman–Crippen LogP) is 1.86. The number of thioether (sulfide) groups is 1. The van der Waals surface area contributed by atoms with E-state index in [2.05, 4.69) is 15.2 Å². The van der Waals surface area contributed by atoms with E-state index >= 15 is 0 Å². The first-order valence-corrected chi connectivity index (χ1v) is 7.15. The number of carbonyl (C=O) groups excluding carboxylic acids is 1. The molecule has 0 aliphatic heterocycles. The average Bonchev–Trinajstić information content (AvgIpc) is 2.89. The monoisotopic (exact) mass is 292 g/mol. The van der Waals surface area contributed by atoms with Crippen molar-refractivity contribution < 1.29 is 9.53 Å². The Bertz CT molecular complexity index is 559. The number of hydrogen-bond acceptors (Lipinski definition) is 6. The second kappa shape index (κ2) is 6.95. The summed E-state index contributed by atoms with van der Waals surface area (Å²) in [5.41, 5.74) is 6.40. The van der Waals surface area contributed by atoms with Crippen molar-refractivity contribution in [2.24, 2.45) is 5.92 Å². The number of esters is 1. The summed E-state index contributed by atoms with van der Waals surface area (Å²) in [6, 6.07) is 9.59. The Hall–Kier alpha value is -2.02. The standard InChI is InChI=1S/C13H16N4O2S/c1-9(8-20-13-15-12(14)16-17-13)11(18)19-7-10-5-3-2-4-6-10/h2-6,9H,7-8H2,1H3,(H3,14,15,16,17). The van der Waals surface area contributed by atoms with Gasteiger partial charge in [0.05, 0.1) is 5.92 Å². The Labute approximate surface area is 121 Å². The first kappa shape index (κ1) is 14.4. The van der Waals surface area contributed by atoms with Gasteiger partial charge in [-0.05, 0) is 5.56 Å². The molecule has 1 aromatic heterocycles. The van der Waals surface area contributed by atoms with Crippen molar-refractivity contribution in [1.29, 1.82) is 0 Å². The maximum Gasteiger partial charge on any atom is 0.309 e. The lowest BCUT2D eigenvalue weighted by Crippen LogP contribution is -2.16. The van der Waals surface area contributed by atoms with Crippen molar-refractivity contribution in [1.82, 2.24) is 15.2 Å². The summed E-state index contributed by atoms with van der Waals surface area (Å²) in [6.45, 7) is 2.11. The summed E-state index contributed by atoms with van der Waals surface area (Å²) in [5.74, 6) is 0.352. The summed E-state index contributed by atoms with van der Waals surface area (Å²) in [5, 5.41) is 6.97. The van der Waals surface area contributed by atoms with E-state index in [0.29, 0.717) is 17.5 Å². The maximum atomic E-state index is 11.8. The zero-order valence-corrected chi connectivity index (χ0v) is 11.9. The van der Waals surface area contributed by atoms with Crippen molar-refractivity contribution in [3.63, 3.8) is 0 Å². The van der Waals surface area contributed by atoms with E-state index in [1.165, 1.54) is 11.8 Å². The summed E-state index contributed by atoms with van der Waals surface area (Å²) in [4.78, 5) is 15.8. The first-order valence-electron chi connectivity index (χ1n) is 6.16. The van der Waals surface area contributed by atoms with Crippen LogP contribution in [0.1, 0.15) is 12.5 Å². The molecule has 0 spiro atoms. The van der Waals surface area contributed by atoms with Crippen LogP contribution in [-0.2, 0) is 16.1 Å². The molecule has 2 aromatic rings. The fraction of sp³-hybridized carbons (Fsp3) is 0.308. The highest BCUT2D eigenvalue weighted by atomic mass is 32.2. The number of nitrogens with zero attached hydrogens (tertiary/aromatic N) is 2. The normalized spacial score (nSPS) is 12.1. The molecule has 1 heterocycles. The van der Waals surface area contributed by atoms with Gasteiger partial charge in [0, 0.05) is 5.75 Å². The van der Waals surface area contributed by atoms with Crippen LogP contribution < -0.4 is 5.73 Å². The summed E-state index contributed by atoms with van der Waals surface area (Å²) in [7, 11) is 0. The van der Waals surface area contributed by atoms with Gasteiger partial charge in [0.25, 0.3) is 0 Å². The summed E-state index contributed by atoms with van der Waals surface area (Å²) in [6.07, 6.45) is 0. The van der Waals surface area contributed by atoms with Crippen molar-refractivity contribution in [2.45, 2.75) is 18.7 Å². The lowest BCUT2D eigenvalue weighted by Gasteiger charge is -2.10. The Morgan fingerprint density at radius 3 is 2.85 bits per heavy atom. The lowest BCUT2D eigenvalue weighted by molar-refractivity contribution is -0.148. The molecular weight excluding hydrogens is 276 g/mol. The van der Waals surface area contributed by atoms with Gasteiger partial charge in [0.15, 0.2) is 0 Å². The van der Waals surface area contributed by atoms with E-state index in [9.17, 15) is 4.79 Å². The molecule has 6 nitrogen and oxygen atoms in total. The topological polar surface area (TPSA) is 93.9 Å². The van der Waals surface area contributed by atoms with Crippen LogP contribution in [0.25, 0.3) is 0 Å². The highest BCUT2D eigenvalue weighted by Crippen LogP contribution is 2.18. The molecule has 3 N–H and O–H groups in total. The van der Waals surface area contributed by atoms with Gasteiger partial charge in [-0.1, -0.05) is 49.0 Å². The fourth-order valence-electron chi connectivity index (χ4n) is 1.46. The van der Waals surface area contributed by atoms with Crippen LogP contribution in [0.5, 0.6) is 0 Å². The molecule has 0 saturated carbocycles. The highest BCUT2D eigenvalue weighted by molar-refractivity contribution is 7.99. The molecule has 0 fully saturated rings. The molecule has 1 aromatic carbocycles. The second-order valence-electron chi connectivity index (χ2n) is 4.31. The van der Waals surface area contributed by atoms with Crippen LogP contribution in [0.3, 0.4) is 0 Å². The van der Waals surface area contributed by atoms with Crippen molar-refractivity contribution in [3.8, 4) is 0 Å². The Kier molecular flexibility index (Phi) is 5.00. The van der Waals surface area contributed by atoms with Crippen molar-refractivity contribution >= 4 is 23.7 Å². The first-order chi connectivity index (χ1) is 9.65. The van der Waals surface area contributed by atoms with E-state index < -0.39 is 0 Å². The van der Waals surface area contributed by atoms with Crippen molar-refractivity contribution in [2.75, 3.05) is 11.5 Å². The number of anilines is 1. The van der Waals surface area contributed by atoms with Crippen LogP contribution in [0.15, 0.2) is 35.5 Å². The molecule has 1 atom stereocenters. The maximum absolute atomic E-state index is 11.8. The summed E-state index contributed by atoms with van der Waals surface area (Å²) < 4.78 is 5.26. The molecule has 0 aliphatic carbocycles. The third-order valence-electron chi connectivity index (χ3n) is 2.57. The molecule has 20 heavy (non-hydrogen) atoms. The lowest BCUT2D eigenvalue weighted by atomic mass is 10.2. The minimum atomic E-state index is -0.233. The van der Waals surface area contributed by atoms with Crippen LogP contribution >= 0.6 is 11.8 Å². The molecule has 7 heteroatoms. The largest absolute Gasteiger partial charge is 0.461 e. The molecule has 2 rings (SSSR count). The molecular formula is C13H16N4O2S. The number of aromatic nitrogens is 3. The fourth-order valence-corrected chi connectivity index (χ4v) is 2.27. The average molecular weight is 292 g/mol. The highest BCUT2D eigenvalue weighted by Gasteiger charge is 2.16. The van der Waals surface area contributed by atoms with E-state index in [4.69, 9.17) is 10.5 Å². The quantitative estimate of drug-likeness (QED) is 0.623. The zero-order valence-electron chi connectivity index (χ0n) is 11.1. The smallest absolute Gasteiger partial charge is 0.309 e. The number of rotatable bonds is 6. The number of carbonyl (C=O) groups is 1. The van der Waals surface area contributed by atoms with E-state index in [1.807, 2.05) is 37.3 Å².